The summed E-state index contributed by atoms with van der Waals surface area (Å²) in [5.41, 5.74) is -0.182. The summed E-state index contributed by atoms with van der Waals surface area (Å²) in [5, 5.41) is 13.9. The lowest BCUT2D eigenvalue weighted by molar-refractivity contribution is 0.0254. The summed E-state index contributed by atoms with van der Waals surface area (Å²) < 4.78 is 7.52. The zero-order chi connectivity index (χ0) is 12.3. The van der Waals surface area contributed by atoms with Crippen molar-refractivity contribution in [3.8, 4) is 0 Å². The molecule has 1 aromatic heterocycles. The molecule has 2 heterocycles. The van der Waals surface area contributed by atoms with Gasteiger partial charge in [0, 0.05) is 25.0 Å². The van der Waals surface area contributed by atoms with Crippen LogP contribution in [-0.2, 0) is 17.7 Å². The molecule has 0 radical (unpaired) electrons. The molecule has 0 aromatic carbocycles. The van der Waals surface area contributed by atoms with Crippen molar-refractivity contribution in [2.75, 3.05) is 13.2 Å². The molecule has 5 heteroatoms. The first-order valence-corrected chi connectivity index (χ1v) is 6.31. The van der Waals surface area contributed by atoms with Crippen LogP contribution in [0.4, 0.5) is 0 Å². The van der Waals surface area contributed by atoms with Crippen LogP contribution in [0.5, 0.6) is 0 Å². The van der Waals surface area contributed by atoms with E-state index in [1.165, 1.54) is 0 Å². The van der Waals surface area contributed by atoms with Gasteiger partial charge in [0.2, 0.25) is 0 Å². The van der Waals surface area contributed by atoms with E-state index in [1.54, 1.807) is 6.33 Å². The maximum absolute atomic E-state index is 9.67. The highest BCUT2D eigenvalue weighted by atomic mass is 16.5. The van der Waals surface area contributed by atoms with Gasteiger partial charge in [0.25, 0.3) is 0 Å². The summed E-state index contributed by atoms with van der Waals surface area (Å²) in [6.45, 7) is 5.90. The van der Waals surface area contributed by atoms with Gasteiger partial charge in [0.15, 0.2) is 0 Å². The Balaban J connectivity index is 2.15. The molecule has 0 bridgehead atoms. The molecule has 0 amide bonds. The highest BCUT2D eigenvalue weighted by molar-refractivity contribution is 4.99. The van der Waals surface area contributed by atoms with Crippen LogP contribution in [0, 0.1) is 5.41 Å². The number of aromatic nitrogens is 3. The average Bonchev–Trinajstić information content (AvgIpc) is 2.89. The van der Waals surface area contributed by atoms with Crippen molar-refractivity contribution in [1.29, 1.82) is 0 Å². The summed E-state index contributed by atoms with van der Waals surface area (Å²) in [4.78, 5) is 4.31. The van der Waals surface area contributed by atoms with Gasteiger partial charge in [-0.15, -0.1) is 0 Å². The van der Waals surface area contributed by atoms with Crippen molar-refractivity contribution >= 4 is 0 Å². The number of ether oxygens (including phenoxy) is 1. The molecule has 1 aliphatic rings. The molecule has 17 heavy (non-hydrogen) atoms. The molecule has 1 saturated heterocycles. The molecule has 5 nitrogen and oxygen atoms in total. The lowest BCUT2D eigenvalue weighted by Crippen LogP contribution is -2.36. The van der Waals surface area contributed by atoms with E-state index < -0.39 is 0 Å². The SMILES string of the molecule is CCCn1ncnc1CC1(CO)CCOC1C. The van der Waals surface area contributed by atoms with Crippen molar-refractivity contribution in [3.05, 3.63) is 12.2 Å². The minimum Gasteiger partial charge on any atom is -0.396 e. The summed E-state index contributed by atoms with van der Waals surface area (Å²) in [7, 11) is 0. The molecule has 1 aliphatic heterocycles. The first kappa shape index (κ1) is 12.5. The topological polar surface area (TPSA) is 60.2 Å². The third kappa shape index (κ3) is 2.35. The Morgan fingerprint density at radius 2 is 2.47 bits per heavy atom. The summed E-state index contributed by atoms with van der Waals surface area (Å²) in [6, 6.07) is 0. The van der Waals surface area contributed by atoms with E-state index in [2.05, 4.69) is 17.0 Å². The Kier molecular flexibility index (Phi) is 3.79. The number of rotatable bonds is 5. The van der Waals surface area contributed by atoms with E-state index in [4.69, 9.17) is 4.74 Å². The van der Waals surface area contributed by atoms with Crippen LogP contribution >= 0.6 is 0 Å². The molecule has 0 aliphatic carbocycles. The van der Waals surface area contributed by atoms with Crippen molar-refractivity contribution in [2.45, 2.75) is 45.8 Å². The van der Waals surface area contributed by atoms with Crippen LogP contribution in [0.3, 0.4) is 0 Å². The third-order valence-electron chi connectivity index (χ3n) is 3.79. The highest BCUT2D eigenvalue weighted by Crippen LogP contribution is 2.37. The monoisotopic (exact) mass is 239 g/mol. The van der Waals surface area contributed by atoms with E-state index in [-0.39, 0.29) is 18.1 Å². The fraction of sp³-hybridized carbons (Fsp3) is 0.833. The standard InChI is InChI=1S/C12H21N3O2/c1-3-5-15-11(13-9-14-15)7-12(8-16)4-6-17-10(12)2/h9-10,16H,3-8H2,1-2H3. The molecular formula is C12H21N3O2. The van der Waals surface area contributed by atoms with Gasteiger partial charge in [-0.3, -0.25) is 4.68 Å². The van der Waals surface area contributed by atoms with Crippen LogP contribution in [0.1, 0.15) is 32.5 Å². The Bertz CT molecular complexity index is 366. The van der Waals surface area contributed by atoms with E-state index in [1.807, 2.05) is 11.6 Å². The number of nitrogens with zero attached hydrogens (tertiary/aromatic N) is 3. The Labute approximate surface area is 102 Å². The fourth-order valence-corrected chi connectivity index (χ4v) is 2.45. The van der Waals surface area contributed by atoms with Crippen molar-refractivity contribution in [3.63, 3.8) is 0 Å². The molecule has 2 rings (SSSR count). The molecule has 96 valence electrons. The zero-order valence-electron chi connectivity index (χ0n) is 10.6. The lowest BCUT2D eigenvalue weighted by Gasteiger charge is -2.29. The first-order valence-electron chi connectivity index (χ1n) is 6.31. The normalized spacial score (nSPS) is 28.8. The third-order valence-corrected chi connectivity index (χ3v) is 3.79. The van der Waals surface area contributed by atoms with E-state index in [0.29, 0.717) is 0 Å². The largest absolute Gasteiger partial charge is 0.396 e. The Morgan fingerprint density at radius 1 is 1.65 bits per heavy atom. The van der Waals surface area contributed by atoms with Crippen LogP contribution in [-0.4, -0.2) is 39.2 Å². The van der Waals surface area contributed by atoms with Gasteiger partial charge in [-0.05, 0) is 19.8 Å². The van der Waals surface area contributed by atoms with Crippen molar-refractivity contribution in [1.82, 2.24) is 14.8 Å². The Morgan fingerprint density at radius 3 is 3.06 bits per heavy atom. The van der Waals surface area contributed by atoms with E-state index in [0.717, 1.165) is 38.2 Å². The molecule has 1 fully saturated rings. The Hall–Kier alpha value is -0.940. The maximum atomic E-state index is 9.67. The van der Waals surface area contributed by atoms with Gasteiger partial charge in [0.1, 0.15) is 12.2 Å². The minimum atomic E-state index is -0.182. The zero-order valence-corrected chi connectivity index (χ0v) is 10.6. The fourth-order valence-electron chi connectivity index (χ4n) is 2.45. The first-order chi connectivity index (χ1) is 8.22. The van der Waals surface area contributed by atoms with E-state index in [9.17, 15) is 5.11 Å². The number of aliphatic hydroxyl groups excluding tert-OH is 1. The number of hydrogen-bond acceptors (Lipinski definition) is 4. The van der Waals surface area contributed by atoms with Gasteiger partial charge in [-0.1, -0.05) is 6.92 Å². The lowest BCUT2D eigenvalue weighted by atomic mass is 9.79. The summed E-state index contributed by atoms with van der Waals surface area (Å²) in [6.07, 6.45) is 4.35. The smallest absolute Gasteiger partial charge is 0.138 e. The van der Waals surface area contributed by atoms with Crippen LogP contribution in [0.25, 0.3) is 0 Å². The van der Waals surface area contributed by atoms with Gasteiger partial charge >= 0.3 is 0 Å². The molecule has 2 atom stereocenters. The molecule has 2 unspecified atom stereocenters. The summed E-state index contributed by atoms with van der Waals surface area (Å²) in [5.74, 6) is 0.957. The average molecular weight is 239 g/mol. The van der Waals surface area contributed by atoms with Gasteiger partial charge < -0.3 is 9.84 Å². The van der Waals surface area contributed by atoms with Gasteiger partial charge in [-0.25, -0.2) is 4.98 Å². The van der Waals surface area contributed by atoms with Crippen LogP contribution < -0.4 is 0 Å². The summed E-state index contributed by atoms with van der Waals surface area (Å²) >= 11 is 0. The second-order valence-electron chi connectivity index (χ2n) is 4.86. The van der Waals surface area contributed by atoms with Crippen LogP contribution in [0.2, 0.25) is 0 Å². The van der Waals surface area contributed by atoms with E-state index >= 15 is 0 Å². The van der Waals surface area contributed by atoms with Gasteiger partial charge in [0.05, 0.1) is 12.7 Å². The highest BCUT2D eigenvalue weighted by Gasteiger charge is 2.42. The molecule has 0 spiro atoms. The minimum absolute atomic E-state index is 0.0827. The van der Waals surface area contributed by atoms with Gasteiger partial charge in [-0.2, -0.15) is 5.10 Å². The van der Waals surface area contributed by atoms with Crippen LogP contribution in [0.15, 0.2) is 6.33 Å². The predicted octanol–water partition coefficient (Wildman–Crippen LogP) is 1.02. The quantitative estimate of drug-likeness (QED) is 0.833. The molecule has 1 N–H and O–H groups in total. The second kappa shape index (κ2) is 5.14. The number of aliphatic hydroxyl groups is 1. The number of hydrogen-bond donors (Lipinski definition) is 1. The molecular weight excluding hydrogens is 218 g/mol. The van der Waals surface area contributed by atoms with Crippen molar-refractivity contribution in [2.24, 2.45) is 5.41 Å². The second-order valence-corrected chi connectivity index (χ2v) is 4.86. The maximum Gasteiger partial charge on any atom is 0.138 e. The number of aryl methyl sites for hydroxylation is 1. The predicted molar refractivity (Wildman–Crippen MR) is 63.6 cm³/mol. The van der Waals surface area contributed by atoms with Crippen molar-refractivity contribution < 1.29 is 9.84 Å². The molecule has 0 saturated carbocycles. The molecule has 1 aromatic rings.